The summed E-state index contributed by atoms with van der Waals surface area (Å²) in [5, 5.41) is 17.5. The highest BCUT2D eigenvalue weighted by Crippen LogP contribution is 2.49. The smallest absolute Gasteiger partial charge is 0.426 e. The number of fused-ring (bicyclic) bond motifs is 5. The predicted molar refractivity (Wildman–Crippen MR) is 126 cm³/mol. The van der Waals surface area contributed by atoms with E-state index in [0.717, 1.165) is 0 Å². The maximum Gasteiger partial charge on any atom is 0.426 e. The van der Waals surface area contributed by atoms with Crippen molar-refractivity contribution in [2.24, 2.45) is 0 Å². The van der Waals surface area contributed by atoms with Crippen molar-refractivity contribution in [1.82, 2.24) is 15.2 Å². The molecule has 3 aromatic rings. The van der Waals surface area contributed by atoms with Crippen LogP contribution in [0.5, 0.6) is 0 Å². The molecule has 42 heavy (non-hydrogen) atoms. The van der Waals surface area contributed by atoms with Crippen LogP contribution in [-0.4, -0.2) is 44.3 Å². The van der Waals surface area contributed by atoms with E-state index < -0.39 is 109 Å². The minimum absolute atomic E-state index is 0.178. The minimum atomic E-state index is -5.43. The summed E-state index contributed by atoms with van der Waals surface area (Å²) in [5.41, 5.74) is -8.23. The molecule has 17 heteroatoms. The van der Waals surface area contributed by atoms with E-state index in [9.17, 15) is 44.7 Å². The molecule has 2 aromatic heterocycles. The van der Waals surface area contributed by atoms with Gasteiger partial charge < -0.3 is 14.3 Å². The van der Waals surface area contributed by atoms with E-state index in [1.54, 1.807) is 11.4 Å². The first-order valence-corrected chi connectivity index (χ1v) is 12.1. The summed E-state index contributed by atoms with van der Waals surface area (Å²) in [7, 11) is 0. The minimum Gasteiger partial charge on any atom is -0.465 e. The van der Waals surface area contributed by atoms with Crippen molar-refractivity contribution in [2.75, 3.05) is 5.32 Å². The largest absolute Gasteiger partial charge is 0.465 e. The van der Waals surface area contributed by atoms with Gasteiger partial charge in [0.15, 0.2) is 11.5 Å². The van der Waals surface area contributed by atoms with E-state index in [1.165, 1.54) is 24.3 Å². The number of nitrogens with one attached hydrogen (secondary N) is 1. The maximum atomic E-state index is 14.8. The first-order valence-electron chi connectivity index (χ1n) is 12.1. The number of carbonyl (C=O) groups is 2. The fourth-order valence-electron chi connectivity index (χ4n) is 4.27. The van der Waals surface area contributed by atoms with Gasteiger partial charge >= 0.3 is 18.4 Å². The number of anilines is 1. The summed E-state index contributed by atoms with van der Waals surface area (Å²) in [6, 6.07) is 7.57. The highest BCUT2D eigenvalue weighted by Gasteiger charge is 2.62. The van der Waals surface area contributed by atoms with Crippen LogP contribution in [0.3, 0.4) is 0 Å². The number of ether oxygens (including phenoxy) is 1. The molecule has 9 nitrogen and oxygen atoms in total. The Bertz CT molecular complexity index is 1460. The number of Topliss-reactive ketones (excluding diaryl/α,β-unsaturated/α-hetero) is 1. The molecule has 0 radical (unpaired) electrons. The molecule has 1 aromatic carbocycles. The number of aromatic nitrogens is 3. The van der Waals surface area contributed by atoms with Crippen molar-refractivity contribution in [3.05, 3.63) is 59.1 Å². The molecule has 0 saturated carbocycles. The average Bonchev–Trinajstić information content (AvgIpc) is 3.37. The summed E-state index contributed by atoms with van der Waals surface area (Å²) in [4.78, 5) is 27.6. The van der Waals surface area contributed by atoms with Crippen LogP contribution < -0.4 is 5.32 Å². The van der Waals surface area contributed by atoms with Gasteiger partial charge in [-0.05, 0) is 18.1 Å². The summed E-state index contributed by atoms with van der Waals surface area (Å²) in [6.45, 7) is -0.743. The van der Waals surface area contributed by atoms with Gasteiger partial charge in [-0.3, -0.25) is 10.1 Å². The van der Waals surface area contributed by atoms with E-state index in [2.05, 4.69) is 15.2 Å². The van der Waals surface area contributed by atoms with E-state index >= 15 is 0 Å². The number of carbonyl (C=O) groups excluding carboxylic acids is 1. The van der Waals surface area contributed by atoms with Crippen LogP contribution in [0.1, 0.15) is 59.6 Å². The van der Waals surface area contributed by atoms with Gasteiger partial charge in [-0.15, -0.1) is 10.2 Å². The van der Waals surface area contributed by atoms with Gasteiger partial charge in [0.2, 0.25) is 11.5 Å². The second-order valence-corrected chi connectivity index (χ2v) is 9.35. The molecule has 0 aliphatic carbocycles. The third-order valence-electron chi connectivity index (χ3n) is 6.38. The molecule has 226 valence electrons. The van der Waals surface area contributed by atoms with Crippen LogP contribution >= 0.6 is 0 Å². The number of halogens is 8. The molecule has 1 aliphatic heterocycles. The second-order valence-electron chi connectivity index (χ2n) is 9.35. The number of hydrogen-bond acceptors (Lipinski definition) is 7. The number of hydrogen-bond donors (Lipinski definition) is 2. The van der Waals surface area contributed by atoms with Gasteiger partial charge in [-0.2, -0.15) is 26.3 Å². The average molecular weight is 608 g/mol. The molecule has 2 N–H and O–H groups in total. The number of nitrogens with zero attached hydrogens (tertiary/aromatic N) is 3. The summed E-state index contributed by atoms with van der Waals surface area (Å²) >= 11 is 0. The van der Waals surface area contributed by atoms with E-state index in [1.807, 2.05) is 0 Å². The van der Waals surface area contributed by atoms with Crippen molar-refractivity contribution in [3.8, 4) is 11.6 Å². The zero-order valence-electron chi connectivity index (χ0n) is 21.2. The summed E-state index contributed by atoms with van der Waals surface area (Å²) in [6.07, 6.45) is -18.2. The molecule has 4 rings (SSSR count). The van der Waals surface area contributed by atoms with Crippen LogP contribution in [0, 0.1) is 0 Å². The van der Waals surface area contributed by atoms with Crippen molar-refractivity contribution < 1.29 is 59.0 Å². The Hall–Kier alpha value is -4.15. The van der Waals surface area contributed by atoms with E-state index in [0.29, 0.717) is 0 Å². The second kappa shape index (κ2) is 11.3. The van der Waals surface area contributed by atoms with Gasteiger partial charge in [0.1, 0.15) is 5.69 Å². The Morgan fingerprint density at radius 2 is 1.71 bits per heavy atom. The maximum absolute atomic E-state index is 14.8. The fourth-order valence-corrected chi connectivity index (χ4v) is 4.27. The van der Waals surface area contributed by atoms with Crippen LogP contribution in [0.15, 0.2) is 40.8 Å². The van der Waals surface area contributed by atoms with Crippen molar-refractivity contribution in [3.63, 3.8) is 0 Å². The Morgan fingerprint density at radius 1 is 1.02 bits per heavy atom. The van der Waals surface area contributed by atoms with Crippen molar-refractivity contribution in [2.45, 2.75) is 62.6 Å². The van der Waals surface area contributed by atoms with Crippen LogP contribution in [0.25, 0.3) is 11.6 Å². The summed E-state index contributed by atoms with van der Waals surface area (Å²) in [5.74, 6) is -7.54. The third kappa shape index (κ3) is 6.50. The monoisotopic (exact) mass is 608 g/mol. The highest BCUT2D eigenvalue weighted by molar-refractivity contribution is 5.98. The molecule has 1 atom stereocenters. The number of ketones is 1. The molecule has 0 spiro atoms. The highest BCUT2D eigenvalue weighted by atomic mass is 19.4. The number of benzene rings is 1. The van der Waals surface area contributed by atoms with E-state index in [-0.39, 0.29) is 11.6 Å². The molecule has 4 bridgehead atoms. The topological polar surface area (TPSA) is 127 Å². The molecule has 1 unspecified atom stereocenters. The molecular formula is C25H20F8N4O5. The standard InChI is InChI=1S/C25H20F8N4O5/c26-22(27)8-4-7-16(38)17-14(24(28,29)30)11-15(34-21(39)40)18(35-17)19-36-37-20(42-19)23(10-9-22,25(31,32)33)41-12-13-5-2-1-3-6-13/h1-3,5-6,11,34H,4,7-10,12H2,(H,39,40). The zero-order chi connectivity index (χ0) is 30.9. The quantitative estimate of drug-likeness (QED) is 0.303. The van der Waals surface area contributed by atoms with Crippen LogP contribution in [0.2, 0.25) is 0 Å². The summed E-state index contributed by atoms with van der Waals surface area (Å²) < 4.78 is 126. The molecule has 0 saturated heterocycles. The molecule has 3 heterocycles. The van der Waals surface area contributed by atoms with Crippen LogP contribution in [0.4, 0.5) is 45.6 Å². The molecular weight excluding hydrogens is 588 g/mol. The molecule has 0 fully saturated rings. The van der Waals surface area contributed by atoms with Crippen LogP contribution in [-0.2, 0) is 23.1 Å². The Labute approximate surface area is 230 Å². The zero-order valence-corrected chi connectivity index (χ0v) is 21.2. The lowest BCUT2D eigenvalue weighted by atomic mass is 9.92. The number of alkyl halides is 8. The fraction of sp³-hybridized carbons (Fsp3) is 0.400. The first kappa shape index (κ1) is 30.8. The molecule has 1 aliphatic rings. The van der Waals surface area contributed by atoms with Gasteiger partial charge in [-0.1, -0.05) is 30.3 Å². The number of pyridine rings is 1. The van der Waals surface area contributed by atoms with Crippen molar-refractivity contribution in [1.29, 1.82) is 0 Å². The Balaban J connectivity index is 1.95. The lowest BCUT2D eigenvalue weighted by molar-refractivity contribution is -0.302. The van der Waals surface area contributed by atoms with Gasteiger partial charge in [-0.25, -0.2) is 18.6 Å². The SMILES string of the molecule is O=C(O)Nc1cc(C(F)(F)F)c2nc1-c1nnc(o1)C(OCc1ccccc1)(C(F)(F)F)CCC(F)(F)CCCC2=O. The lowest BCUT2D eigenvalue weighted by Gasteiger charge is -2.33. The number of carboxylic acid groups (broad SMARTS) is 1. The first-order chi connectivity index (χ1) is 19.5. The van der Waals surface area contributed by atoms with Crippen molar-refractivity contribution >= 4 is 17.6 Å². The third-order valence-corrected chi connectivity index (χ3v) is 6.38. The predicted octanol–water partition coefficient (Wildman–Crippen LogP) is 7.00. The lowest BCUT2D eigenvalue weighted by Crippen LogP contribution is -2.46. The normalized spacial score (nSPS) is 19.7. The molecule has 1 amide bonds. The van der Waals surface area contributed by atoms with Gasteiger partial charge in [0.25, 0.3) is 11.8 Å². The number of amides is 1. The Kier molecular flexibility index (Phi) is 8.26. The Morgan fingerprint density at radius 3 is 2.33 bits per heavy atom. The van der Waals surface area contributed by atoms with Gasteiger partial charge in [0.05, 0.1) is 17.9 Å². The van der Waals surface area contributed by atoms with Gasteiger partial charge in [0, 0.05) is 25.7 Å². The van der Waals surface area contributed by atoms with E-state index in [4.69, 9.17) is 14.3 Å². The number of rotatable bonds is 4.